The smallest absolute Gasteiger partial charge is 0.256 e. The molecule has 102 valence electrons. The van der Waals surface area contributed by atoms with Crippen LogP contribution in [0.2, 0.25) is 0 Å². The quantitative estimate of drug-likeness (QED) is 0.705. The number of nitrogens with zero attached hydrogens (tertiary/aromatic N) is 2. The van der Waals surface area contributed by atoms with Crippen molar-refractivity contribution in [3.63, 3.8) is 0 Å². The maximum Gasteiger partial charge on any atom is 0.256 e. The number of halogens is 2. The highest BCUT2D eigenvalue weighted by atomic mass is 127. The fourth-order valence-electron chi connectivity index (χ4n) is 3.01. The van der Waals surface area contributed by atoms with E-state index in [0.29, 0.717) is 12.6 Å². The normalized spacial score (nSPS) is 23.5. The Morgan fingerprint density at radius 3 is 2.95 bits per heavy atom. The lowest BCUT2D eigenvalue weighted by Gasteiger charge is -2.37. The van der Waals surface area contributed by atoms with Crippen LogP contribution in [0, 0.1) is 9.39 Å². The first-order chi connectivity index (χ1) is 9.15. The van der Waals surface area contributed by atoms with Gasteiger partial charge in [0, 0.05) is 29.2 Å². The number of carbonyl (C=O) groups excluding carboxylic acids is 1. The highest BCUT2D eigenvalue weighted by molar-refractivity contribution is 14.1. The molecular weight excluding hydrogens is 358 g/mol. The monoisotopic (exact) mass is 374 g/mol. The van der Waals surface area contributed by atoms with Crippen molar-refractivity contribution in [1.82, 2.24) is 9.80 Å². The minimum Gasteiger partial charge on any atom is -0.336 e. The van der Waals surface area contributed by atoms with E-state index >= 15 is 0 Å². The summed E-state index contributed by atoms with van der Waals surface area (Å²) in [6.45, 7) is 3.51. The maximum absolute atomic E-state index is 13.9. The summed E-state index contributed by atoms with van der Waals surface area (Å²) in [6.07, 6.45) is 2.36. The predicted molar refractivity (Wildman–Crippen MR) is 79.6 cm³/mol. The van der Waals surface area contributed by atoms with Crippen LogP contribution >= 0.6 is 22.6 Å². The summed E-state index contributed by atoms with van der Waals surface area (Å²) in [5.74, 6) is -0.578. The lowest BCUT2D eigenvalue weighted by Crippen LogP contribution is -2.52. The van der Waals surface area contributed by atoms with Crippen molar-refractivity contribution in [1.29, 1.82) is 0 Å². The SMILES string of the molecule is O=C(c1ccc(I)cc1F)N1CCN2CCCC2C1. The standard InChI is InChI=1S/C14H16FIN2O/c15-13-8-10(16)3-4-12(13)14(19)18-7-6-17-5-1-2-11(17)9-18/h3-4,8,11H,1-2,5-7,9H2. The summed E-state index contributed by atoms with van der Waals surface area (Å²) >= 11 is 2.05. The highest BCUT2D eigenvalue weighted by Crippen LogP contribution is 2.23. The average Bonchev–Trinajstić information content (AvgIpc) is 2.85. The largest absolute Gasteiger partial charge is 0.336 e. The molecule has 0 radical (unpaired) electrons. The lowest BCUT2D eigenvalue weighted by molar-refractivity contribution is 0.0567. The Kier molecular flexibility index (Phi) is 3.75. The van der Waals surface area contributed by atoms with E-state index in [1.54, 1.807) is 17.0 Å². The van der Waals surface area contributed by atoms with E-state index in [4.69, 9.17) is 0 Å². The molecule has 1 aromatic rings. The molecule has 2 aliphatic heterocycles. The van der Waals surface area contributed by atoms with E-state index in [9.17, 15) is 9.18 Å². The number of piperazine rings is 1. The van der Waals surface area contributed by atoms with Crippen LogP contribution in [0.3, 0.4) is 0 Å². The van der Waals surface area contributed by atoms with Crippen molar-refractivity contribution < 1.29 is 9.18 Å². The van der Waals surface area contributed by atoms with Gasteiger partial charge in [0.15, 0.2) is 0 Å². The van der Waals surface area contributed by atoms with Crippen molar-refractivity contribution in [2.75, 3.05) is 26.2 Å². The molecule has 0 aliphatic carbocycles. The molecule has 19 heavy (non-hydrogen) atoms. The number of benzene rings is 1. The zero-order valence-electron chi connectivity index (χ0n) is 10.6. The van der Waals surface area contributed by atoms with Gasteiger partial charge in [-0.2, -0.15) is 0 Å². The molecule has 2 fully saturated rings. The Labute approximate surface area is 125 Å². The number of hydrogen-bond acceptors (Lipinski definition) is 2. The lowest BCUT2D eigenvalue weighted by atomic mass is 10.1. The topological polar surface area (TPSA) is 23.6 Å². The third kappa shape index (κ3) is 2.63. The van der Waals surface area contributed by atoms with Gasteiger partial charge in [-0.05, 0) is 60.2 Å². The predicted octanol–water partition coefficient (Wildman–Crippen LogP) is 2.35. The molecule has 1 aromatic carbocycles. The van der Waals surface area contributed by atoms with Gasteiger partial charge in [0.25, 0.3) is 5.91 Å². The van der Waals surface area contributed by atoms with Gasteiger partial charge < -0.3 is 4.90 Å². The minimum atomic E-state index is -0.411. The third-order valence-corrected chi connectivity index (χ3v) is 4.71. The third-order valence-electron chi connectivity index (χ3n) is 4.04. The van der Waals surface area contributed by atoms with Gasteiger partial charge in [-0.1, -0.05) is 0 Å². The van der Waals surface area contributed by atoms with Crippen LogP contribution in [0.4, 0.5) is 4.39 Å². The summed E-state index contributed by atoms with van der Waals surface area (Å²) in [7, 11) is 0. The molecule has 0 spiro atoms. The summed E-state index contributed by atoms with van der Waals surface area (Å²) in [5.41, 5.74) is 0.201. The maximum atomic E-state index is 13.9. The van der Waals surface area contributed by atoms with E-state index in [1.807, 2.05) is 22.6 Å². The van der Waals surface area contributed by atoms with Crippen LogP contribution < -0.4 is 0 Å². The van der Waals surface area contributed by atoms with E-state index in [2.05, 4.69) is 4.90 Å². The van der Waals surface area contributed by atoms with E-state index < -0.39 is 5.82 Å². The van der Waals surface area contributed by atoms with E-state index in [0.717, 1.165) is 29.6 Å². The van der Waals surface area contributed by atoms with Gasteiger partial charge >= 0.3 is 0 Å². The van der Waals surface area contributed by atoms with Crippen LogP contribution in [0.5, 0.6) is 0 Å². The van der Waals surface area contributed by atoms with E-state index in [-0.39, 0.29) is 11.5 Å². The molecule has 1 amide bonds. The molecule has 0 saturated carbocycles. The zero-order valence-corrected chi connectivity index (χ0v) is 12.8. The van der Waals surface area contributed by atoms with Crippen molar-refractivity contribution in [3.8, 4) is 0 Å². The molecule has 2 heterocycles. The highest BCUT2D eigenvalue weighted by Gasteiger charge is 2.33. The van der Waals surface area contributed by atoms with Crippen LogP contribution in [-0.2, 0) is 0 Å². The molecular formula is C14H16FIN2O. The van der Waals surface area contributed by atoms with Crippen molar-refractivity contribution >= 4 is 28.5 Å². The van der Waals surface area contributed by atoms with Crippen LogP contribution in [0.1, 0.15) is 23.2 Å². The number of amides is 1. The first-order valence-electron chi connectivity index (χ1n) is 6.63. The van der Waals surface area contributed by atoms with Gasteiger partial charge in [-0.25, -0.2) is 4.39 Å². The summed E-state index contributed by atoms with van der Waals surface area (Å²) in [6, 6.07) is 5.27. The second kappa shape index (κ2) is 5.36. The number of hydrogen-bond donors (Lipinski definition) is 0. The molecule has 0 bridgehead atoms. The van der Waals surface area contributed by atoms with E-state index in [1.165, 1.54) is 12.5 Å². The Morgan fingerprint density at radius 2 is 2.16 bits per heavy atom. The van der Waals surface area contributed by atoms with Crippen LogP contribution in [0.15, 0.2) is 18.2 Å². The summed E-state index contributed by atoms with van der Waals surface area (Å²) in [4.78, 5) is 16.6. The molecule has 5 heteroatoms. The molecule has 1 atom stereocenters. The fraction of sp³-hybridized carbons (Fsp3) is 0.500. The molecule has 3 rings (SSSR count). The number of rotatable bonds is 1. The molecule has 0 aromatic heterocycles. The van der Waals surface area contributed by atoms with Crippen LogP contribution in [-0.4, -0.2) is 47.9 Å². The summed E-state index contributed by atoms with van der Waals surface area (Å²) < 4.78 is 14.7. The molecule has 2 aliphatic rings. The van der Waals surface area contributed by atoms with Crippen molar-refractivity contribution in [2.24, 2.45) is 0 Å². The van der Waals surface area contributed by atoms with Gasteiger partial charge in [0.2, 0.25) is 0 Å². The fourth-order valence-corrected chi connectivity index (χ4v) is 3.46. The second-order valence-electron chi connectivity index (χ2n) is 5.21. The number of carbonyl (C=O) groups is 1. The summed E-state index contributed by atoms with van der Waals surface area (Å²) in [5, 5.41) is 0. The van der Waals surface area contributed by atoms with Gasteiger partial charge in [0.1, 0.15) is 5.82 Å². The molecule has 0 N–H and O–H groups in total. The van der Waals surface area contributed by atoms with Gasteiger partial charge in [-0.15, -0.1) is 0 Å². The first kappa shape index (κ1) is 13.3. The molecule has 3 nitrogen and oxygen atoms in total. The van der Waals surface area contributed by atoms with Gasteiger partial charge in [0.05, 0.1) is 5.56 Å². The van der Waals surface area contributed by atoms with Crippen molar-refractivity contribution in [3.05, 3.63) is 33.1 Å². The molecule has 1 unspecified atom stereocenters. The van der Waals surface area contributed by atoms with Crippen molar-refractivity contribution in [2.45, 2.75) is 18.9 Å². The Bertz CT molecular complexity index is 508. The van der Waals surface area contributed by atoms with Crippen LogP contribution in [0.25, 0.3) is 0 Å². The minimum absolute atomic E-state index is 0.166. The second-order valence-corrected chi connectivity index (χ2v) is 6.45. The Hall–Kier alpha value is -0.690. The number of fused-ring (bicyclic) bond motifs is 1. The Balaban J connectivity index is 1.76. The first-order valence-corrected chi connectivity index (χ1v) is 7.71. The zero-order chi connectivity index (χ0) is 13.4. The molecule has 2 saturated heterocycles. The average molecular weight is 374 g/mol. The Morgan fingerprint density at radius 1 is 1.32 bits per heavy atom. The van der Waals surface area contributed by atoms with Gasteiger partial charge in [-0.3, -0.25) is 9.69 Å².